The monoisotopic (exact) mass is 206 g/mol. The number of carbonyl (C=O) groups excluding carboxylic acids is 1. The first-order valence-corrected chi connectivity index (χ1v) is 4.84. The lowest BCUT2D eigenvalue weighted by atomic mass is 10.2. The zero-order valence-corrected chi connectivity index (χ0v) is 8.38. The Morgan fingerprint density at radius 1 is 1.36 bits per heavy atom. The van der Waals surface area contributed by atoms with Gasteiger partial charge in [-0.15, -0.1) is 0 Å². The van der Waals surface area contributed by atoms with Crippen LogP contribution in [0.15, 0.2) is 30.3 Å². The minimum atomic E-state index is 0.0958. The van der Waals surface area contributed by atoms with Gasteiger partial charge in [0.15, 0.2) is 5.11 Å². The molecule has 1 amide bonds. The number of amides is 1. The SMILES string of the molecule is O=C1CCN1C(=S)Nc1ccccc1. The summed E-state index contributed by atoms with van der Waals surface area (Å²) in [5, 5.41) is 3.50. The largest absolute Gasteiger partial charge is 0.332 e. The summed E-state index contributed by atoms with van der Waals surface area (Å²) in [5.41, 5.74) is 0.914. The molecule has 1 N–H and O–H groups in total. The highest BCUT2D eigenvalue weighted by molar-refractivity contribution is 7.80. The number of benzene rings is 1. The molecule has 1 aromatic rings. The van der Waals surface area contributed by atoms with Gasteiger partial charge in [0.1, 0.15) is 0 Å². The van der Waals surface area contributed by atoms with Gasteiger partial charge in [-0.25, -0.2) is 0 Å². The van der Waals surface area contributed by atoms with Crippen molar-refractivity contribution in [3.63, 3.8) is 0 Å². The van der Waals surface area contributed by atoms with Crippen LogP contribution in [0.1, 0.15) is 6.42 Å². The number of nitrogens with one attached hydrogen (secondary N) is 1. The summed E-state index contributed by atoms with van der Waals surface area (Å²) in [5.74, 6) is 0.0958. The normalized spacial score (nSPS) is 14.9. The summed E-state index contributed by atoms with van der Waals surface area (Å²) >= 11 is 5.08. The number of anilines is 1. The van der Waals surface area contributed by atoms with Gasteiger partial charge in [0, 0.05) is 18.7 Å². The van der Waals surface area contributed by atoms with Crippen molar-refractivity contribution in [3.8, 4) is 0 Å². The van der Waals surface area contributed by atoms with Crippen LogP contribution in [0.4, 0.5) is 5.69 Å². The van der Waals surface area contributed by atoms with Gasteiger partial charge in [0.2, 0.25) is 5.91 Å². The maximum absolute atomic E-state index is 11.1. The zero-order chi connectivity index (χ0) is 9.97. The first-order valence-electron chi connectivity index (χ1n) is 4.44. The molecule has 0 spiro atoms. The summed E-state index contributed by atoms with van der Waals surface area (Å²) < 4.78 is 0. The van der Waals surface area contributed by atoms with E-state index in [1.54, 1.807) is 4.90 Å². The summed E-state index contributed by atoms with van der Waals surface area (Å²) in [6, 6.07) is 9.60. The van der Waals surface area contributed by atoms with E-state index < -0.39 is 0 Å². The number of nitrogens with zero attached hydrogens (tertiary/aromatic N) is 1. The van der Waals surface area contributed by atoms with Crippen molar-refractivity contribution in [2.75, 3.05) is 11.9 Å². The Morgan fingerprint density at radius 3 is 2.57 bits per heavy atom. The van der Waals surface area contributed by atoms with Gasteiger partial charge in [0.25, 0.3) is 0 Å². The van der Waals surface area contributed by atoms with Crippen LogP contribution in [0.3, 0.4) is 0 Å². The third-order valence-electron chi connectivity index (χ3n) is 2.12. The molecule has 1 fully saturated rings. The van der Waals surface area contributed by atoms with E-state index in [-0.39, 0.29) is 5.91 Å². The fourth-order valence-electron chi connectivity index (χ4n) is 1.24. The Labute approximate surface area is 87.7 Å². The first kappa shape index (κ1) is 9.15. The van der Waals surface area contributed by atoms with Gasteiger partial charge in [0.05, 0.1) is 0 Å². The predicted molar refractivity (Wildman–Crippen MR) is 59.0 cm³/mol. The molecule has 0 radical (unpaired) electrons. The molecule has 0 aromatic heterocycles. The second-order valence-corrected chi connectivity index (χ2v) is 3.48. The van der Waals surface area contributed by atoms with Crippen LogP contribution in [0.2, 0.25) is 0 Å². The van der Waals surface area contributed by atoms with Crippen LogP contribution in [-0.4, -0.2) is 22.5 Å². The molecule has 0 aliphatic carbocycles. The standard InChI is InChI=1S/C10H10N2OS/c13-9-6-7-12(9)10(14)11-8-4-2-1-3-5-8/h1-5H,6-7H2,(H,11,14). The van der Waals surface area contributed by atoms with Crippen molar-refractivity contribution in [3.05, 3.63) is 30.3 Å². The predicted octanol–water partition coefficient (Wildman–Crippen LogP) is 1.62. The van der Waals surface area contributed by atoms with Crippen LogP contribution in [0.5, 0.6) is 0 Å². The molecule has 0 bridgehead atoms. The molecule has 2 rings (SSSR count). The number of β-lactam (4-membered cyclic amide) rings is 1. The number of likely N-dealkylation sites (tertiary alicyclic amines) is 1. The Bertz CT molecular complexity index is 364. The van der Waals surface area contributed by atoms with Gasteiger partial charge >= 0.3 is 0 Å². The highest BCUT2D eigenvalue weighted by Gasteiger charge is 2.27. The lowest BCUT2D eigenvalue weighted by Gasteiger charge is -2.30. The number of rotatable bonds is 1. The first-order chi connectivity index (χ1) is 6.77. The number of hydrogen-bond donors (Lipinski definition) is 1. The molecule has 3 nitrogen and oxygen atoms in total. The lowest BCUT2D eigenvalue weighted by molar-refractivity contribution is -0.134. The second kappa shape index (κ2) is 3.75. The van der Waals surface area contributed by atoms with Gasteiger partial charge in [-0.05, 0) is 24.4 Å². The van der Waals surface area contributed by atoms with E-state index in [1.807, 2.05) is 30.3 Å². The Kier molecular flexibility index (Phi) is 2.45. The molecule has 1 heterocycles. The Hall–Kier alpha value is -1.42. The molecule has 0 atom stereocenters. The van der Waals surface area contributed by atoms with Gasteiger partial charge in [-0.3, -0.25) is 9.69 Å². The fraction of sp³-hybridized carbons (Fsp3) is 0.200. The van der Waals surface area contributed by atoms with E-state index in [9.17, 15) is 4.79 Å². The number of hydrogen-bond acceptors (Lipinski definition) is 2. The van der Waals surface area contributed by atoms with Crippen molar-refractivity contribution in [1.82, 2.24) is 4.90 Å². The van der Waals surface area contributed by atoms with Crippen LogP contribution >= 0.6 is 12.2 Å². The van der Waals surface area contributed by atoms with Crippen molar-refractivity contribution >= 4 is 28.9 Å². The maximum Gasteiger partial charge on any atom is 0.230 e. The van der Waals surface area contributed by atoms with E-state index in [0.717, 1.165) is 12.2 Å². The molecule has 1 aliphatic rings. The molecule has 1 saturated heterocycles. The third-order valence-corrected chi connectivity index (χ3v) is 2.44. The summed E-state index contributed by atoms with van der Waals surface area (Å²) in [4.78, 5) is 12.6. The van der Waals surface area contributed by atoms with Crippen LogP contribution in [0.25, 0.3) is 0 Å². The highest BCUT2D eigenvalue weighted by atomic mass is 32.1. The lowest BCUT2D eigenvalue weighted by Crippen LogP contribution is -2.49. The molecule has 0 saturated carbocycles. The highest BCUT2D eigenvalue weighted by Crippen LogP contribution is 2.12. The van der Waals surface area contributed by atoms with Gasteiger partial charge < -0.3 is 5.32 Å². The number of carbonyl (C=O) groups is 1. The smallest absolute Gasteiger partial charge is 0.230 e. The van der Waals surface area contributed by atoms with E-state index in [2.05, 4.69) is 5.32 Å². The number of thiocarbonyl (C=S) groups is 1. The third kappa shape index (κ3) is 1.75. The van der Waals surface area contributed by atoms with Gasteiger partial charge in [-0.1, -0.05) is 18.2 Å². The van der Waals surface area contributed by atoms with E-state index in [4.69, 9.17) is 12.2 Å². The van der Waals surface area contributed by atoms with E-state index in [1.165, 1.54) is 0 Å². The average molecular weight is 206 g/mol. The molecular weight excluding hydrogens is 196 g/mol. The molecule has 72 valence electrons. The van der Waals surface area contributed by atoms with Crippen LogP contribution in [0, 0.1) is 0 Å². The van der Waals surface area contributed by atoms with Crippen LogP contribution < -0.4 is 5.32 Å². The topological polar surface area (TPSA) is 32.3 Å². The van der Waals surface area contributed by atoms with E-state index >= 15 is 0 Å². The molecular formula is C10H10N2OS. The quantitative estimate of drug-likeness (QED) is 0.559. The maximum atomic E-state index is 11.1. The molecule has 0 unspecified atom stereocenters. The minimum Gasteiger partial charge on any atom is -0.332 e. The molecule has 1 aromatic carbocycles. The molecule has 1 aliphatic heterocycles. The van der Waals surface area contributed by atoms with Crippen molar-refractivity contribution in [2.45, 2.75) is 6.42 Å². The average Bonchev–Trinajstić information content (AvgIpc) is 2.17. The second-order valence-electron chi connectivity index (χ2n) is 3.09. The van der Waals surface area contributed by atoms with E-state index in [0.29, 0.717) is 11.5 Å². The summed E-state index contributed by atoms with van der Waals surface area (Å²) in [7, 11) is 0. The molecule has 4 heteroatoms. The Morgan fingerprint density at radius 2 is 2.07 bits per heavy atom. The van der Waals surface area contributed by atoms with Crippen LogP contribution in [-0.2, 0) is 4.79 Å². The zero-order valence-electron chi connectivity index (χ0n) is 7.56. The van der Waals surface area contributed by atoms with Crippen molar-refractivity contribution < 1.29 is 4.79 Å². The Balaban J connectivity index is 1.98. The van der Waals surface area contributed by atoms with Crippen molar-refractivity contribution in [2.24, 2.45) is 0 Å². The summed E-state index contributed by atoms with van der Waals surface area (Å²) in [6.45, 7) is 0.734. The number of para-hydroxylation sites is 1. The van der Waals surface area contributed by atoms with Gasteiger partial charge in [-0.2, -0.15) is 0 Å². The minimum absolute atomic E-state index is 0.0958. The summed E-state index contributed by atoms with van der Waals surface area (Å²) in [6.07, 6.45) is 0.608. The van der Waals surface area contributed by atoms with Crippen molar-refractivity contribution in [1.29, 1.82) is 0 Å². The fourth-order valence-corrected chi connectivity index (χ4v) is 1.55. The molecule has 14 heavy (non-hydrogen) atoms.